The van der Waals surface area contributed by atoms with Crippen molar-refractivity contribution in [1.29, 1.82) is 0 Å². The van der Waals surface area contributed by atoms with Gasteiger partial charge in [-0.15, -0.1) is 0 Å². The minimum Gasteiger partial charge on any atom is -0.314 e. The number of hydrogen-bond acceptors (Lipinski definition) is 4. The molecule has 2 aliphatic rings. The van der Waals surface area contributed by atoms with E-state index in [1.54, 1.807) is 6.33 Å². The molecule has 1 aromatic heterocycles. The third-order valence-electron chi connectivity index (χ3n) is 3.44. The van der Waals surface area contributed by atoms with Crippen LogP contribution in [-0.2, 0) is 0 Å². The lowest BCUT2D eigenvalue weighted by molar-refractivity contribution is 0.236. The summed E-state index contributed by atoms with van der Waals surface area (Å²) in [6.07, 6.45) is 7.94. The number of piperazine rings is 1. The summed E-state index contributed by atoms with van der Waals surface area (Å²) in [5, 5.41) is 7.11. The van der Waals surface area contributed by atoms with Crippen LogP contribution in [0.3, 0.4) is 0 Å². The second-order valence-electron chi connectivity index (χ2n) is 4.56. The maximum atomic E-state index is 4.11. The molecule has 4 heteroatoms. The van der Waals surface area contributed by atoms with Crippen molar-refractivity contribution in [3.63, 3.8) is 0 Å². The van der Waals surface area contributed by atoms with Crippen molar-refractivity contribution in [3.05, 3.63) is 24.3 Å². The molecule has 0 radical (unpaired) electrons. The SMILES string of the molecule is c1ncc(C2CC3CNCC(C2)N3)cn1. The third kappa shape index (κ3) is 1.87. The van der Waals surface area contributed by atoms with E-state index < -0.39 is 0 Å². The Kier molecular flexibility index (Phi) is 2.38. The fraction of sp³-hybridized carbons (Fsp3) is 0.636. The topological polar surface area (TPSA) is 49.8 Å². The predicted octanol–water partition coefficient (Wildman–Crippen LogP) is 0.284. The number of nitrogens with zero attached hydrogens (tertiary/aromatic N) is 2. The Balaban J connectivity index is 1.78. The van der Waals surface area contributed by atoms with Crippen molar-refractivity contribution in [2.24, 2.45) is 0 Å². The molecule has 2 atom stereocenters. The summed E-state index contributed by atoms with van der Waals surface area (Å²) < 4.78 is 0. The molecule has 2 bridgehead atoms. The van der Waals surface area contributed by atoms with E-state index in [9.17, 15) is 0 Å². The second kappa shape index (κ2) is 3.87. The quantitative estimate of drug-likeness (QED) is 0.690. The molecular weight excluding hydrogens is 188 g/mol. The molecule has 15 heavy (non-hydrogen) atoms. The number of nitrogens with one attached hydrogen (secondary N) is 2. The first-order chi connectivity index (χ1) is 7.42. The Morgan fingerprint density at radius 1 is 1.07 bits per heavy atom. The van der Waals surface area contributed by atoms with Gasteiger partial charge >= 0.3 is 0 Å². The molecule has 4 nitrogen and oxygen atoms in total. The Bertz CT molecular complexity index is 315. The number of piperidine rings is 1. The third-order valence-corrected chi connectivity index (χ3v) is 3.44. The van der Waals surface area contributed by atoms with Crippen LogP contribution in [0, 0.1) is 0 Å². The molecule has 2 N–H and O–H groups in total. The molecule has 3 rings (SSSR count). The van der Waals surface area contributed by atoms with Crippen molar-refractivity contribution in [3.8, 4) is 0 Å². The lowest BCUT2D eigenvalue weighted by atomic mass is 9.82. The smallest absolute Gasteiger partial charge is 0.115 e. The van der Waals surface area contributed by atoms with Crippen LogP contribution in [0.25, 0.3) is 0 Å². The Hall–Kier alpha value is -1.00. The molecular formula is C11H16N4. The Morgan fingerprint density at radius 2 is 1.73 bits per heavy atom. The summed E-state index contributed by atoms with van der Waals surface area (Å²) in [7, 11) is 0. The van der Waals surface area contributed by atoms with E-state index in [-0.39, 0.29) is 0 Å². The molecule has 3 heterocycles. The minimum absolute atomic E-state index is 0.628. The van der Waals surface area contributed by atoms with Crippen molar-refractivity contribution < 1.29 is 0 Å². The Morgan fingerprint density at radius 3 is 2.40 bits per heavy atom. The summed E-state index contributed by atoms with van der Waals surface area (Å²) in [5.41, 5.74) is 1.30. The highest BCUT2D eigenvalue weighted by Crippen LogP contribution is 2.30. The lowest BCUT2D eigenvalue weighted by Crippen LogP contribution is -2.58. The van der Waals surface area contributed by atoms with Gasteiger partial charge in [-0.3, -0.25) is 0 Å². The molecule has 0 aromatic carbocycles. The fourth-order valence-electron chi connectivity index (χ4n) is 2.76. The van der Waals surface area contributed by atoms with Gasteiger partial charge in [-0.25, -0.2) is 9.97 Å². The van der Waals surface area contributed by atoms with Crippen LogP contribution >= 0.6 is 0 Å². The van der Waals surface area contributed by atoms with Gasteiger partial charge < -0.3 is 10.6 Å². The van der Waals surface area contributed by atoms with Gasteiger partial charge in [0, 0.05) is 37.6 Å². The predicted molar refractivity (Wildman–Crippen MR) is 57.6 cm³/mol. The van der Waals surface area contributed by atoms with Gasteiger partial charge in [-0.2, -0.15) is 0 Å². The zero-order valence-electron chi connectivity index (χ0n) is 8.69. The number of fused-ring (bicyclic) bond motifs is 2. The van der Waals surface area contributed by atoms with Crippen LogP contribution in [0.15, 0.2) is 18.7 Å². The highest BCUT2D eigenvalue weighted by molar-refractivity contribution is 5.14. The van der Waals surface area contributed by atoms with Crippen LogP contribution in [-0.4, -0.2) is 35.1 Å². The van der Waals surface area contributed by atoms with Gasteiger partial charge in [-0.1, -0.05) is 0 Å². The summed E-state index contributed by atoms with van der Waals surface area (Å²) in [6, 6.07) is 1.26. The largest absolute Gasteiger partial charge is 0.314 e. The molecule has 0 spiro atoms. The maximum Gasteiger partial charge on any atom is 0.115 e. The zero-order valence-corrected chi connectivity index (χ0v) is 8.69. The molecule has 2 saturated heterocycles. The van der Waals surface area contributed by atoms with E-state index in [2.05, 4.69) is 20.6 Å². The average Bonchev–Trinajstić information content (AvgIpc) is 2.30. The minimum atomic E-state index is 0.628. The van der Waals surface area contributed by atoms with Gasteiger partial charge in [0.25, 0.3) is 0 Å². The van der Waals surface area contributed by atoms with E-state index in [0.29, 0.717) is 18.0 Å². The molecule has 80 valence electrons. The highest BCUT2D eigenvalue weighted by Gasteiger charge is 2.31. The van der Waals surface area contributed by atoms with Crippen LogP contribution in [0.2, 0.25) is 0 Å². The number of aromatic nitrogens is 2. The molecule has 0 amide bonds. The molecule has 2 unspecified atom stereocenters. The second-order valence-corrected chi connectivity index (χ2v) is 4.56. The lowest BCUT2D eigenvalue weighted by Gasteiger charge is -2.40. The molecule has 2 fully saturated rings. The summed E-state index contributed by atoms with van der Waals surface area (Å²) >= 11 is 0. The molecule has 1 aromatic rings. The standard InChI is InChI=1S/C11H16N4/c1-8(9-3-13-7-14-4-9)2-11-6-12-5-10(1)15-11/h3-4,7-8,10-12,15H,1-2,5-6H2. The van der Waals surface area contributed by atoms with Crippen molar-refractivity contribution >= 4 is 0 Å². The first kappa shape index (κ1) is 9.24. The van der Waals surface area contributed by atoms with Crippen LogP contribution in [0.1, 0.15) is 24.3 Å². The number of hydrogen-bond donors (Lipinski definition) is 2. The first-order valence-electron chi connectivity index (χ1n) is 5.63. The summed E-state index contributed by atoms with van der Waals surface area (Å²) in [6.45, 7) is 2.20. The van der Waals surface area contributed by atoms with E-state index in [1.807, 2.05) is 12.4 Å². The van der Waals surface area contributed by atoms with E-state index in [4.69, 9.17) is 0 Å². The van der Waals surface area contributed by atoms with E-state index in [1.165, 1.54) is 18.4 Å². The van der Waals surface area contributed by atoms with Crippen LogP contribution in [0.5, 0.6) is 0 Å². The monoisotopic (exact) mass is 204 g/mol. The normalized spacial score (nSPS) is 35.1. The van der Waals surface area contributed by atoms with E-state index in [0.717, 1.165) is 13.1 Å². The van der Waals surface area contributed by atoms with Gasteiger partial charge in [-0.05, 0) is 24.3 Å². The van der Waals surface area contributed by atoms with Crippen molar-refractivity contribution in [2.45, 2.75) is 30.8 Å². The van der Waals surface area contributed by atoms with Crippen molar-refractivity contribution in [2.75, 3.05) is 13.1 Å². The van der Waals surface area contributed by atoms with Crippen LogP contribution < -0.4 is 10.6 Å². The molecule has 0 aliphatic carbocycles. The first-order valence-corrected chi connectivity index (χ1v) is 5.63. The Labute approximate surface area is 89.5 Å². The summed E-state index contributed by atoms with van der Waals surface area (Å²) in [5.74, 6) is 0.643. The van der Waals surface area contributed by atoms with Gasteiger partial charge in [0.1, 0.15) is 6.33 Å². The van der Waals surface area contributed by atoms with Gasteiger partial charge in [0.15, 0.2) is 0 Å². The van der Waals surface area contributed by atoms with Crippen molar-refractivity contribution in [1.82, 2.24) is 20.6 Å². The van der Waals surface area contributed by atoms with Gasteiger partial charge in [0.05, 0.1) is 0 Å². The summed E-state index contributed by atoms with van der Waals surface area (Å²) in [4.78, 5) is 8.21. The fourth-order valence-corrected chi connectivity index (χ4v) is 2.76. The highest BCUT2D eigenvalue weighted by atomic mass is 15.1. The average molecular weight is 204 g/mol. The van der Waals surface area contributed by atoms with Gasteiger partial charge in [0.2, 0.25) is 0 Å². The van der Waals surface area contributed by atoms with Crippen LogP contribution in [0.4, 0.5) is 0 Å². The molecule has 0 saturated carbocycles. The molecule has 2 aliphatic heterocycles. The van der Waals surface area contributed by atoms with E-state index >= 15 is 0 Å². The maximum absolute atomic E-state index is 4.11. The number of rotatable bonds is 1. The zero-order chi connectivity index (χ0) is 10.1.